The SMILES string of the molecule is Cc1ccc(N(C)C(=O)c2nn(C)c(C)c2-c2ccncc2C)cc1. The van der Waals surface area contributed by atoms with Crippen LogP contribution in [0.5, 0.6) is 0 Å². The van der Waals surface area contributed by atoms with Crippen LogP contribution in [0.2, 0.25) is 0 Å². The van der Waals surface area contributed by atoms with E-state index in [1.165, 1.54) is 0 Å². The fourth-order valence-corrected chi connectivity index (χ4v) is 2.88. The van der Waals surface area contributed by atoms with E-state index in [4.69, 9.17) is 0 Å². The predicted octanol–water partition coefficient (Wildman–Crippen LogP) is 3.68. The lowest BCUT2D eigenvalue weighted by molar-refractivity contribution is 0.0988. The molecule has 0 unspecified atom stereocenters. The van der Waals surface area contributed by atoms with Gasteiger partial charge in [0.1, 0.15) is 0 Å². The summed E-state index contributed by atoms with van der Waals surface area (Å²) in [5.41, 5.74) is 6.29. The van der Waals surface area contributed by atoms with Gasteiger partial charge in [0.05, 0.1) is 0 Å². The molecule has 0 radical (unpaired) electrons. The van der Waals surface area contributed by atoms with E-state index in [0.717, 1.165) is 33.6 Å². The van der Waals surface area contributed by atoms with E-state index in [9.17, 15) is 4.79 Å². The van der Waals surface area contributed by atoms with Crippen molar-refractivity contribution in [2.75, 3.05) is 11.9 Å². The molecule has 5 heteroatoms. The number of anilines is 1. The van der Waals surface area contributed by atoms with Crippen molar-refractivity contribution in [1.82, 2.24) is 14.8 Å². The van der Waals surface area contributed by atoms with E-state index in [2.05, 4.69) is 10.1 Å². The van der Waals surface area contributed by atoms with Crippen molar-refractivity contribution in [3.63, 3.8) is 0 Å². The molecule has 0 aliphatic heterocycles. The highest BCUT2D eigenvalue weighted by atomic mass is 16.2. The first kappa shape index (κ1) is 16.9. The van der Waals surface area contributed by atoms with Crippen LogP contribution in [0.4, 0.5) is 5.69 Å². The number of carbonyl (C=O) groups excluding carboxylic acids is 1. The van der Waals surface area contributed by atoms with E-state index < -0.39 is 0 Å². The van der Waals surface area contributed by atoms with Crippen molar-refractivity contribution in [2.45, 2.75) is 20.8 Å². The van der Waals surface area contributed by atoms with E-state index in [-0.39, 0.29) is 5.91 Å². The van der Waals surface area contributed by atoms with Crippen molar-refractivity contribution in [1.29, 1.82) is 0 Å². The smallest absolute Gasteiger partial charge is 0.279 e. The minimum absolute atomic E-state index is 0.126. The summed E-state index contributed by atoms with van der Waals surface area (Å²) in [5.74, 6) is -0.126. The van der Waals surface area contributed by atoms with Crippen molar-refractivity contribution < 1.29 is 4.79 Å². The molecule has 0 saturated heterocycles. The third kappa shape index (κ3) is 3.05. The zero-order valence-corrected chi connectivity index (χ0v) is 15.2. The Labute approximate surface area is 147 Å². The summed E-state index contributed by atoms with van der Waals surface area (Å²) in [6.07, 6.45) is 3.55. The van der Waals surface area contributed by atoms with Crippen LogP contribution in [0, 0.1) is 20.8 Å². The highest BCUT2D eigenvalue weighted by Gasteiger charge is 2.25. The second-order valence-corrected chi connectivity index (χ2v) is 6.32. The Hall–Kier alpha value is -2.95. The average molecular weight is 334 g/mol. The van der Waals surface area contributed by atoms with Gasteiger partial charge in [-0.05, 0) is 50.1 Å². The summed E-state index contributed by atoms with van der Waals surface area (Å²) in [6, 6.07) is 9.82. The number of nitrogens with zero attached hydrogens (tertiary/aromatic N) is 4. The molecule has 0 saturated carbocycles. The molecule has 25 heavy (non-hydrogen) atoms. The lowest BCUT2D eigenvalue weighted by Gasteiger charge is -2.17. The van der Waals surface area contributed by atoms with Crippen LogP contribution >= 0.6 is 0 Å². The Kier molecular flexibility index (Phi) is 4.40. The van der Waals surface area contributed by atoms with Gasteiger partial charge in [0.15, 0.2) is 5.69 Å². The standard InChI is InChI=1S/C20H22N4O/c1-13-6-8-16(9-7-13)23(4)20(25)19-18(15(3)24(5)22-19)17-10-11-21-12-14(17)2/h6-12H,1-5H3. The van der Waals surface area contributed by atoms with Crippen LogP contribution in [0.1, 0.15) is 27.3 Å². The molecule has 0 atom stereocenters. The minimum Gasteiger partial charge on any atom is -0.310 e. The van der Waals surface area contributed by atoms with E-state index >= 15 is 0 Å². The molecule has 1 aromatic carbocycles. The summed E-state index contributed by atoms with van der Waals surface area (Å²) >= 11 is 0. The Morgan fingerprint density at radius 3 is 2.40 bits per heavy atom. The molecule has 5 nitrogen and oxygen atoms in total. The summed E-state index contributed by atoms with van der Waals surface area (Å²) in [7, 11) is 3.64. The van der Waals surface area contributed by atoms with Gasteiger partial charge in [0, 0.05) is 43.4 Å². The van der Waals surface area contributed by atoms with Crippen molar-refractivity contribution in [2.24, 2.45) is 7.05 Å². The van der Waals surface area contributed by atoms with Gasteiger partial charge in [-0.3, -0.25) is 14.5 Å². The fraction of sp³-hybridized carbons (Fsp3) is 0.250. The zero-order chi connectivity index (χ0) is 18.1. The maximum atomic E-state index is 13.1. The topological polar surface area (TPSA) is 51.0 Å². The van der Waals surface area contributed by atoms with Gasteiger partial charge in [-0.25, -0.2) is 0 Å². The molecule has 2 heterocycles. The molecule has 2 aromatic heterocycles. The van der Waals surface area contributed by atoms with Crippen LogP contribution in [-0.4, -0.2) is 27.7 Å². The number of aryl methyl sites for hydroxylation is 3. The molecule has 0 fully saturated rings. The lowest BCUT2D eigenvalue weighted by Crippen LogP contribution is -2.27. The third-order valence-electron chi connectivity index (χ3n) is 4.55. The highest BCUT2D eigenvalue weighted by Crippen LogP contribution is 2.30. The number of rotatable bonds is 3. The molecule has 1 amide bonds. The molecule has 0 spiro atoms. The Morgan fingerprint density at radius 2 is 1.76 bits per heavy atom. The first-order valence-electron chi connectivity index (χ1n) is 8.19. The highest BCUT2D eigenvalue weighted by molar-refractivity contribution is 6.09. The molecule has 3 aromatic rings. The van der Waals surface area contributed by atoms with Crippen molar-refractivity contribution in [3.05, 3.63) is 65.2 Å². The zero-order valence-electron chi connectivity index (χ0n) is 15.2. The van der Waals surface area contributed by atoms with Crippen molar-refractivity contribution >= 4 is 11.6 Å². The number of amides is 1. The largest absolute Gasteiger partial charge is 0.310 e. The van der Waals surface area contributed by atoms with Gasteiger partial charge in [0.2, 0.25) is 0 Å². The fourth-order valence-electron chi connectivity index (χ4n) is 2.88. The monoisotopic (exact) mass is 334 g/mol. The predicted molar refractivity (Wildman–Crippen MR) is 99.8 cm³/mol. The minimum atomic E-state index is -0.126. The molecular weight excluding hydrogens is 312 g/mol. The van der Waals surface area contributed by atoms with Gasteiger partial charge < -0.3 is 4.90 Å². The van der Waals surface area contributed by atoms with E-state index in [0.29, 0.717) is 5.69 Å². The normalized spacial score (nSPS) is 10.8. The number of benzene rings is 1. The maximum absolute atomic E-state index is 13.1. The lowest BCUT2D eigenvalue weighted by atomic mass is 10.00. The van der Waals surface area contributed by atoms with E-state index in [1.54, 1.807) is 29.0 Å². The molecule has 0 aliphatic carbocycles. The quantitative estimate of drug-likeness (QED) is 0.734. The van der Waals surface area contributed by atoms with Gasteiger partial charge in [0.25, 0.3) is 5.91 Å². The molecule has 128 valence electrons. The van der Waals surface area contributed by atoms with E-state index in [1.807, 2.05) is 58.2 Å². The Balaban J connectivity index is 2.08. The molecular formula is C20H22N4O. The number of carbonyl (C=O) groups is 1. The maximum Gasteiger partial charge on any atom is 0.279 e. The average Bonchev–Trinajstić information content (AvgIpc) is 2.90. The summed E-state index contributed by atoms with van der Waals surface area (Å²) in [6.45, 7) is 6.00. The van der Waals surface area contributed by atoms with Gasteiger partial charge in [-0.2, -0.15) is 5.10 Å². The van der Waals surface area contributed by atoms with Crippen LogP contribution in [-0.2, 0) is 7.05 Å². The molecule has 0 N–H and O–H groups in total. The molecule has 0 bridgehead atoms. The van der Waals surface area contributed by atoms with Gasteiger partial charge in [-0.1, -0.05) is 17.7 Å². The number of aromatic nitrogens is 3. The Bertz CT molecular complexity index is 925. The van der Waals surface area contributed by atoms with Crippen LogP contribution in [0.15, 0.2) is 42.7 Å². The summed E-state index contributed by atoms with van der Waals surface area (Å²) in [4.78, 5) is 18.9. The van der Waals surface area contributed by atoms with Crippen LogP contribution in [0.25, 0.3) is 11.1 Å². The Morgan fingerprint density at radius 1 is 1.08 bits per heavy atom. The molecule has 3 rings (SSSR count). The number of hydrogen-bond donors (Lipinski definition) is 0. The van der Waals surface area contributed by atoms with Crippen LogP contribution < -0.4 is 4.90 Å². The van der Waals surface area contributed by atoms with Gasteiger partial charge in [-0.15, -0.1) is 0 Å². The second kappa shape index (κ2) is 6.51. The van der Waals surface area contributed by atoms with Gasteiger partial charge >= 0.3 is 0 Å². The van der Waals surface area contributed by atoms with Crippen LogP contribution in [0.3, 0.4) is 0 Å². The molecule has 0 aliphatic rings. The third-order valence-corrected chi connectivity index (χ3v) is 4.55. The summed E-state index contributed by atoms with van der Waals surface area (Å²) in [5, 5.41) is 4.50. The first-order valence-corrected chi connectivity index (χ1v) is 8.19. The van der Waals surface area contributed by atoms with Crippen molar-refractivity contribution in [3.8, 4) is 11.1 Å². The second-order valence-electron chi connectivity index (χ2n) is 6.32. The summed E-state index contributed by atoms with van der Waals surface area (Å²) < 4.78 is 1.76. The first-order chi connectivity index (χ1) is 11.9. The number of hydrogen-bond acceptors (Lipinski definition) is 3. The number of pyridine rings is 1.